The van der Waals surface area contributed by atoms with Gasteiger partial charge in [0.05, 0.1) is 39.8 Å². The predicted octanol–water partition coefficient (Wildman–Crippen LogP) is 7.01. The lowest BCUT2D eigenvalue weighted by atomic mass is 10.2. The van der Waals surface area contributed by atoms with Crippen molar-refractivity contribution in [2.24, 2.45) is 9.98 Å². The Bertz CT molecular complexity index is 1270. The molecule has 0 fully saturated rings. The molecule has 0 spiro atoms. The van der Waals surface area contributed by atoms with Crippen LogP contribution in [0.2, 0.25) is 0 Å². The van der Waals surface area contributed by atoms with Gasteiger partial charge in [0, 0.05) is 23.6 Å². The van der Waals surface area contributed by atoms with E-state index < -0.39 is 0 Å². The van der Waals surface area contributed by atoms with Crippen molar-refractivity contribution < 1.29 is 23.7 Å². The molecule has 7 nitrogen and oxygen atoms in total. The lowest BCUT2D eigenvalue weighted by Crippen LogP contribution is -1.94. The molecule has 0 atom stereocenters. The number of hydrogen-bond donors (Lipinski definition) is 0. The van der Waals surface area contributed by atoms with Crippen LogP contribution in [0.15, 0.2) is 94.9 Å². The second-order valence-electron chi connectivity index (χ2n) is 7.77. The van der Waals surface area contributed by atoms with E-state index >= 15 is 0 Å². The Morgan fingerprint density at radius 2 is 0.892 bits per heavy atom. The maximum atomic E-state index is 5.97. The summed E-state index contributed by atoms with van der Waals surface area (Å²) in [5.41, 5.74) is 3.23. The number of nitrogens with zero attached hydrogens (tertiary/aromatic N) is 2. The van der Waals surface area contributed by atoms with Gasteiger partial charge in [-0.3, -0.25) is 9.98 Å². The molecule has 7 heteroatoms. The fraction of sp³-hybridized carbons (Fsp3) is 0.133. The minimum absolute atomic E-state index is 0.643. The van der Waals surface area contributed by atoms with Gasteiger partial charge in [-0.15, -0.1) is 0 Å². The standard InChI is InChI=1S/C30H28N2O5/c1-33-27-9-5-7-21(29(27)35-3)19-31-23-11-15-25(16-12-23)37-26-17-13-24(14-18-26)32-20-22-8-6-10-28(34-2)30(22)36-4/h5-20H,1-4H3. The van der Waals surface area contributed by atoms with Crippen molar-refractivity contribution >= 4 is 23.8 Å². The Morgan fingerprint density at radius 1 is 0.486 bits per heavy atom. The molecule has 0 aliphatic heterocycles. The van der Waals surface area contributed by atoms with E-state index in [4.69, 9.17) is 23.7 Å². The highest BCUT2D eigenvalue weighted by atomic mass is 16.5. The average Bonchev–Trinajstić information content (AvgIpc) is 2.95. The zero-order valence-corrected chi connectivity index (χ0v) is 21.2. The molecule has 0 amide bonds. The average molecular weight is 497 g/mol. The van der Waals surface area contributed by atoms with Crippen molar-refractivity contribution in [2.75, 3.05) is 28.4 Å². The smallest absolute Gasteiger partial charge is 0.169 e. The highest BCUT2D eigenvalue weighted by Gasteiger charge is 2.08. The molecular weight excluding hydrogens is 468 g/mol. The largest absolute Gasteiger partial charge is 0.493 e. The van der Waals surface area contributed by atoms with Crippen LogP contribution >= 0.6 is 0 Å². The van der Waals surface area contributed by atoms with Crippen molar-refractivity contribution in [3.05, 3.63) is 96.1 Å². The van der Waals surface area contributed by atoms with Crippen LogP contribution in [0.1, 0.15) is 11.1 Å². The Morgan fingerprint density at radius 3 is 1.24 bits per heavy atom. The van der Waals surface area contributed by atoms with Crippen LogP contribution in [0.3, 0.4) is 0 Å². The fourth-order valence-corrected chi connectivity index (χ4v) is 3.65. The lowest BCUT2D eigenvalue weighted by Gasteiger charge is -2.09. The Balaban J connectivity index is 1.40. The third kappa shape index (κ3) is 6.27. The van der Waals surface area contributed by atoms with E-state index in [-0.39, 0.29) is 0 Å². The lowest BCUT2D eigenvalue weighted by molar-refractivity contribution is 0.354. The summed E-state index contributed by atoms with van der Waals surface area (Å²) in [5, 5.41) is 0. The normalized spacial score (nSPS) is 11.0. The Labute approximate surface area is 216 Å². The monoisotopic (exact) mass is 496 g/mol. The van der Waals surface area contributed by atoms with Gasteiger partial charge in [0.25, 0.3) is 0 Å². The van der Waals surface area contributed by atoms with E-state index in [1.165, 1.54) is 0 Å². The quantitative estimate of drug-likeness (QED) is 0.221. The first kappa shape index (κ1) is 25.3. The number of hydrogen-bond acceptors (Lipinski definition) is 7. The van der Waals surface area contributed by atoms with Crippen molar-refractivity contribution in [1.82, 2.24) is 0 Å². The number of benzene rings is 4. The minimum atomic E-state index is 0.643. The first-order chi connectivity index (χ1) is 18.1. The molecule has 188 valence electrons. The number of para-hydroxylation sites is 2. The minimum Gasteiger partial charge on any atom is -0.493 e. The van der Waals surface area contributed by atoms with Crippen LogP contribution in [0.4, 0.5) is 11.4 Å². The molecule has 0 saturated heterocycles. The summed E-state index contributed by atoms with van der Waals surface area (Å²) in [6.45, 7) is 0. The van der Waals surface area contributed by atoms with Gasteiger partial charge < -0.3 is 23.7 Å². The summed E-state index contributed by atoms with van der Waals surface area (Å²) in [6, 6.07) is 26.4. The molecule has 0 N–H and O–H groups in total. The highest BCUT2D eigenvalue weighted by Crippen LogP contribution is 2.32. The maximum absolute atomic E-state index is 5.97. The van der Waals surface area contributed by atoms with Gasteiger partial charge in [0.15, 0.2) is 23.0 Å². The van der Waals surface area contributed by atoms with E-state index in [2.05, 4.69) is 9.98 Å². The summed E-state index contributed by atoms with van der Waals surface area (Å²) >= 11 is 0. The first-order valence-electron chi connectivity index (χ1n) is 11.5. The van der Waals surface area contributed by atoms with Gasteiger partial charge in [-0.2, -0.15) is 0 Å². The second-order valence-corrected chi connectivity index (χ2v) is 7.77. The molecule has 4 aromatic carbocycles. The van der Waals surface area contributed by atoms with Crippen LogP contribution < -0.4 is 23.7 Å². The molecule has 0 heterocycles. The number of methoxy groups -OCH3 is 4. The summed E-state index contributed by atoms with van der Waals surface area (Å²) in [6.07, 6.45) is 3.50. The summed E-state index contributed by atoms with van der Waals surface area (Å²) in [7, 11) is 6.44. The Hall–Kier alpha value is -4.78. The van der Waals surface area contributed by atoms with Crippen LogP contribution in [-0.2, 0) is 0 Å². The van der Waals surface area contributed by atoms with Gasteiger partial charge in [-0.05, 0) is 72.8 Å². The molecule has 0 aliphatic rings. The van der Waals surface area contributed by atoms with Crippen LogP contribution in [0, 0.1) is 0 Å². The molecule has 0 aromatic heterocycles. The molecule has 37 heavy (non-hydrogen) atoms. The third-order valence-corrected chi connectivity index (χ3v) is 5.48. The number of ether oxygens (including phenoxy) is 5. The summed E-state index contributed by atoms with van der Waals surface area (Å²) < 4.78 is 27.6. The zero-order chi connectivity index (χ0) is 26.0. The molecule has 0 bridgehead atoms. The Kier molecular flexibility index (Phi) is 8.39. The van der Waals surface area contributed by atoms with Crippen molar-refractivity contribution in [3.63, 3.8) is 0 Å². The number of rotatable bonds is 10. The van der Waals surface area contributed by atoms with E-state index in [9.17, 15) is 0 Å². The van der Waals surface area contributed by atoms with E-state index in [0.717, 1.165) is 22.5 Å². The number of aliphatic imine (C=N–C) groups is 2. The SMILES string of the molecule is COc1cccc(C=Nc2ccc(Oc3ccc(N=Cc4cccc(OC)c4OC)cc3)cc2)c1OC. The molecule has 4 rings (SSSR count). The van der Waals surface area contributed by atoms with Crippen molar-refractivity contribution in [1.29, 1.82) is 0 Å². The summed E-state index contributed by atoms with van der Waals surface area (Å²) in [4.78, 5) is 9.08. The molecule has 0 aliphatic carbocycles. The van der Waals surface area contributed by atoms with Gasteiger partial charge in [-0.25, -0.2) is 0 Å². The molecular formula is C30H28N2O5. The molecule has 4 aromatic rings. The van der Waals surface area contributed by atoms with E-state index in [1.807, 2.05) is 84.9 Å². The van der Waals surface area contributed by atoms with Crippen molar-refractivity contribution in [3.8, 4) is 34.5 Å². The zero-order valence-electron chi connectivity index (χ0n) is 21.2. The molecule has 0 unspecified atom stereocenters. The second kappa shape index (κ2) is 12.3. The van der Waals surface area contributed by atoms with Crippen LogP contribution in [0.5, 0.6) is 34.5 Å². The van der Waals surface area contributed by atoms with Crippen LogP contribution in [-0.4, -0.2) is 40.9 Å². The molecule has 0 saturated carbocycles. The van der Waals surface area contributed by atoms with Gasteiger partial charge in [-0.1, -0.05) is 12.1 Å². The third-order valence-electron chi connectivity index (χ3n) is 5.48. The summed E-state index contributed by atoms with van der Waals surface area (Å²) in [5.74, 6) is 4.01. The first-order valence-corrected chi connectivity index (χ1v) is 11.5. The topological polar surface area (TPSA) is 70.9 Å². The van der Waals surface area contributed by atoms with Crippen molar-refractivity contribution in [2.45, 2.75) is 0 Å². The van der Waals surface area contributed by atoms with Gasteiger partial charge >= 0.3 is 0 Å². The van der Waals surface area contributed by atoms with Gasteiger partial charge in [0.1, 0.15) is 11.5 Å². The van der Waals surface area contributed by atoms with E-state index in [1.54, 1.807) is 40.9 Å². The van der Waals surface area contributed by atoms with Gasteiger partial charge in [0.2, 0.25) is 0 Å². The molecule has 0 radical (unpaired) electrons. The van der Waals surface area contributed by atoms with E-state index in [0.29, 0.717) is 34.5 Å². The highest BCUT2D eigenvalue weighted by molar-refractivity contribution is 5.87. The van der Waals surface area contributed by atoms with Crippen LogP contribution in [0.25, 0.3) is 0 Å². The fourth-order valence-electron chi connectivity index (χ4n) is 3.65. The predicted molar refractivity (Wildman–Crippen MR) is 147 cm³/mol. The maximum Gasteiger partial charge on any atom is 0.169 e.